The normalized spacial score (nSPS) is 20.5. The number of H-pyrrole nitrogens is 2. The molecule has 2 fully saturated rings. The monoisotopic (exact) mass is 498 g/mol. The van der Waals surface area contributed by atoms with Gasteiger partial charge in [0.05, 0.1) is 23.1 Å². The first-order valence-electron chi connectivity index (χ1n) is 12.9. The van der Waals surface area contributed by atoms with Crippen molar-refractivity contribution in [2.24, 2.45) is 5.92 Å². The standard InChI is InChI=1S/C28H30N6O3/c1-3-16(2)24(32-26(35)23-12-17-8-4-5-9-20(17)29-23)27(36)33-14-19-13-18(33)15-34(19)28(37)25-30-21-10-6-7-11-22(21)31-25/h4-12,16,18-19,24,29H,3,13-15H2,1-2H3,(H,30,31)(H,32,35)/t16-,18-,19-,24-/m0/s1. The summed E-state index contributed by atoms with van der Waals surface area (Å²) in [6, 6.07) is 16.3. The Morgan fingerprint density at radius 2 is 1.70 bits per heavy atom. The van der Waals surface area contributed by atoms with Gasteiger partial charge in [-0.25, -0.2) is 4.98 Å². The summed E-state index contributed by atoms with van der Waals surface area (Å²) in [7, 11) is 0. The lowest BCUT2D eigenvalue weighted by Gasteiger charge is -2.37. The molecule has 3 N–H and O–H groups in total. The number of benzene rings is 2. The molecule has 2 bridgehead atoms. The SMILES string of the molecule is CC[C@H](C)[C@H](NC(=O)c1cc2ccccc2[nH]1)C(=O)N1C[C@@H]2C[C@H]1CN2C(=O)c1nc2ccccc2[nH]1. The van der Waals surface area contributed by atoms with Gasteiger partial charge in [0.1, 0.15) is 11.7 Å². The number of carbonyl (C=O) groups excluding carboxylic acids is 3. The van der Waals surface area contributed by atoms with Gasteiger partial charge in [-0.15, -0.1) is 0 Å². The second kappa shape index (κ2) is 9.06. The van der Waals surface area contributed by atoms with Crippen LogP contribution in [-0.4, -0.2) is 73.7 Å². The topological polar surface area (TPSA) is 114 Å². The van der Waals surface area contributed by atoms with Crippen molar-refractivity contribution in [3.8, 4) is 0 Å². The van der Waals surface area contributed by atoms with Crippen LogP contribution in [-0.2, 0) is 4.79 Å². The van der Waals surface area contributed by atoms with Crippen molar-refractivity contribution in [2.75, 3.05) is 13.1 Å². The highest BCUT2D eigenvalue weighted by Crippen LogP contribution is 2.33. The van der Waals surface area contributed by atoms with Gasteiger partial charge in [-0.2, -0.15) is 0 Å². The van der Waals surface area contributed by atoms with Crippen LogP contribution in [0.5, 0.6) is 0 Å². The number of nitrogens with one attached hydrogen (secondary N) is 3. The highest BCUT2D eigenvalue weighted by atomic mass is 16.2. The van der Waals surface area contributed by atoms with E-state index in [9.17, 15) is 14.4 Å². The van der Waals surface area contributed by atoms with Gasteiger partial charge >= 0.3 is 0 Å². The first kappa shape index (κ1) is 23.3. The summed E-state index contributed by atoms with van der Waals surface area (Å²) in [6.07, 6.45) is 1.49. The molecule has 6 rings (SSSR count). The number of fused-ring (bicyclic) bond motifs is 4. The molecular formula is C28H30N6O3. The van der Waals surface area contributed by atoms with Gasteiger partial charge in [0, 0.05) is 24.0 Å². The van der Waals surface area contributed by atoms with E-state index in [0.717, 1.165) is 34.8 Å². The molecule has 190 valence electrons. The van der Waals surface area contributed by atoms with E-state index in [-0.39, 0.29) is 35.7 Å². The second-order valence-corrected chi connectivity index (χ2v) is 10.2. The number of imidazole rings is 1. The van der Waals surface area contributed by atoms with E-state index in [0.29, 0.717) is 24.6 Å². The molecule has 2 aromatic carbocycles. The lowest BCUT2D eigenvalue weighted by Crippen LogP contribution is -2.57. The Hall–Kier alpha value is -4.14. The molecule has 0 radical (unpaired) electrons. The predicted molar refractivity (Wildman–Crippen MR) is 140 cm³/mol. The van der Waals surface area contributed by atoms with Crippen LogP contribution in [0.1, 0.15) is 47.8 Å². The van der Waals surface area contributed by atoms with E-state index in [1.807, 2.05) is 78.2 Å². The molecule has 2 aliphatic rings. The molecule has 0 spiro atoms. The number of hydrogen-bond donors (Lipinski definition) is 3. The Kier molecular flexibility index (Phi) is 5.70. The fraction of sp³-hybridized carbons (Fsp3) is 0.357. The fourth-order valence-electron chi connectivity index (χ4n) is 5.65. The molecule has 0 saturated carbocycles. The van der Waals surface area contributed by atoms with Crippen molar-refractivity contribution < 1.29 is 14.4 Å². The van der Waals surface area contributed by atoms with Crippen LogP contribution >= 0.6 is 0 Å². The van der Waals surface area contributed by atoms with Crippen molar-refractivity contribution in [1.82, 2.24) is 30.1 Å². The molecule has 9 nitrogen and oxygen atoms in total. The highest BCUT2D eigenvalue weighted by molar-refractivity contribution is 6.00. The van der Waals surface area contributed by atoms with Crippen LogP contribution in [0.15, 0.2) is 54.6 Å². The smallest absolute Gasteiger partial charge is 0.290 e. The van der Waals surface area contributed by atoms with E-state index in [2.05, 4.69) is 20.3 Å². The van der Waals surface area contributed by atoms with Crippen molar-refractivity contribution in [2.45, 2.75) is 44.8 Å². The Morgan fingerprint density at radius 3 is 2.41 bits per heavy atom. The van der Waals surface area contributed by atoms with Crippen LogP contribution in [0.3, 0.4) is 0 Å². The molecule has 4 aromatic rings. The first-order chi connectivity index (χ1) is 17.9. The summed E-state index contributed by atoms with van der Waals surface area (Å²) in [5, 5.41) is 3.95. The van der Waals surface area contributed by atoms with Gasteiger partial charge in [-0.3, -0.25) is 14.4 Å². The van der Waals surface area contributed by atoms with Gasteiger partial charge in [0.2, 0.25) is 5.91 Å². The zero-order valence-electron chi connectivity index (χ0n) is 20.9. The maximum Gasteiger partial charge on any atom is 0.290 e. The Bertz CT molecular complexity index is 1440. The zero-order valence-corrected chi connectivity index (χ0v) is 20.9. The molecule has 0 aliphatic carbocycles. The molecule has 4 heterocycles. The number of piperazine rings is 1. The first-order valence-corrected chi connectivity index (χ1v) is 12.9. The van der Waals surface area contributed by atoms with Gasteiger partial charge in [0.25, 0.3) is 11.8 Å². The van der Waals surface area contributed by atoms with Gasteiger partial charge in [-0.05, 0) is 36.6 Å². The quantitative estimate of drug-likeness (QED) is 0.378. The third-order valence-electron chi connectivity index (χ3n) is 7.92. The maximum absolute atomic E-state index is 13.7. The van der Waals surface area contributed by atoms with E-state index >= 15 is 0 Å². The summed E-state index contributed by atoms with van der Waals surface area (Å²) in [6.45, 7) is 4.93. The molecule has 2 aromatic heterocycles. The maximum atomic E-state index is 13.7. The van der Waals surface area contributed by atoms with Crippen molar-refractivity contribution >= 4 is 39.7 Å². The summed E-state index contributed by atoms with van der Waals surface area (Å²) >= 11 is 0. The number of hydrogen-bond acceptors (Lipinski definition) is 4. The number of carbonyl (C=O) groups is 3. The zero-order chi connectivity index (χ0) is 25.7. The molecule has 2 aliphatic heterocycles. The van der Waals surface area contributed by atoms with Gasteiger partial charge in [0.15, 0.2) is 5.82 Å². The number of likely N-dealkylation sites (tertiary alicyclic amines) is 2. The van der Waals surface area contributed by atoms with Crippen molar-refractivity contribution in [3.63, 3.8) is 0 Å². The largest absolute Gasteiger partial charge is 0.351 e. The summed E-state index contributed by atoms with van der Waals surface area (Å²) in [5.41, 5.74) is 2.90. The van der Waals surface area contributed by atoms with Gasteiger partial charge in [-0.1, -0.05) is 50.6 Å². The number of aromatic nitrogens is 3. The lowest BCUT2D eigenvalue weighted by molar-refractivity contribution is -0.136. The minimum atomic E-state index is -0.636. The molecule has 37 heavy (non-hydrogen) atoms. The van der Waals surface area contributed by atoms with E-state index in [4.69, 9.17) is 0 Å². The summed E-state index contributed by atoms with van der Waals surface area (Å²) < 4.78 is 0. The minimum absolute atomic E-state index is 0.0340. The molecule has 0 unspecified atom stereocenters. The summed E-state index contributed by atoms with van der Waals surface area (Å²) in [4.78, 5) is 54.5. The summed E-state index contributed by atoms with van der Waals surface area (Å²) in [5.74, 6) is -0.215. The third-order valence-corrected chi connectivity index (χ3v) is 7.92. The molecule has 2 saturated heterocycles. The highest BCUT2D eigenvalue weighted by Gasteiger charge is 2.49. The fourth-order valence-corrected chi connectivity index (χ4v) is 5.65. The number of para-hydroxylation sites is 3. The Labute approximate surface area is 214 Å². The van der Waals surface area contributed by atoms with Crippen LogP contribution in [0, 0.1) is 5.92 Å². The number of rotatable bonds is 6. The lowest BCUT2D eigenvalue weighted by atomic mass is 9.97. The number of aromatic amines is 2. The van der Waals surface area contributed by atoms with Crippen LogP contribution in [0.4, 0.5) is 0 Å². The number of amides is 3. The van der Waals surface area contributed by atoms with E-state index in [1.54, 1.807) is 0 Å². The Balaban J connectivity index is 1.16. The van der Waals surface area contributed by atoms with E-state index < -0.39 is 6.04 Å². The Morgan fingerprint density at radius 1 is 1.00 bits per heavy atom. The van der Waals surface area contributed by atoms with Gasteiger partial charge < -0.3 is 25.1 Å². The number of nitrogens with zero attached hydrogens (tertiary/aromatic N) is 3. The molecule has 3 amide bonds. The minimum Gasteiger partial charge on any atom is -0.351 e. The molecule has 4 atom stereocenters. The van der Waals surface area contributed by atoms with Crippen molar-refractivity contribution in [3.05, 3.63) is 66.1 Å². The second-order valence-electron chi connectivity index (χ2n) is 10.2. The van der Waals surface area contributed by atoms with Crippen LogP contribution < -0.4 is 5.32 Å². The third kappa shape index (κ3) is 4.04. The average Bonchev–Trinajstić information content (AvgIpc) is 3.71. The van der Waals surface area contributed by atoms with Crippen LogP contribution in [0.25, 0.3) is 21.9 Å². The predicted octanol–water partition coefficient (Wildman–Crippen LogP) is 3.31. The molecular weight excluding hydrogens is 468 g/mol. The average molecular weight is 499 g/mol. The van der Waals surface area contributed by atoms with E-state index in [1.165, 1.54) is 0 Å². The van der Waals surface area contributed by atoms with Crippen LogP contribution in [0.2, 0.25) is 0 Å². The molecule has 9 heteroatoms. The van der Waals surface area contributed by atoms with Crippen molar-refractivity contribution in [1.29, 1.82) is 0 Å².